The molecule has 0 bridgehead atoms. The first-order valence-electron chi connectivity index (χ1n) is 8.59. The van der Waals surface area contributed by atoms with Crippen molar-refractivity contribution in [3.8, 4) is 11.5 Å². The van der Waals surface area contributed by atoms with Gasteiger partial charge >= 0.3 is 5.97 Å². The second-order valence-electron chi connectivity index (χ2n) is 6.05. The minimum atomic E-state index is -1.29. The summed E-state index contributed by atoms with van der Waals surface area (Å²) in [5.41, 5.74) is 1.48. The van der Waals surface area contributed by atoms with Gasteiger partial charge in [-0.05, 0) is 41.5 Å². The third-order valence-electron chi connectivity index (χ3n) is 4.09. The summed E-state index contributed by atoms with van der Waals surface area (Å²) in [5.74, 6) is -1.60. The van der Waals surface area contributed by atoms with Gasteiger partial charge in [0, 0.05) is 0 Å². The third kappa shape index (κ3) is 4.65. The Morgan fingerprint density at radius 2 is 1.54 bits per heavy atom. The topological polar surface area (TPSA) is 83.8 Å². The average molecular weight is 374 g/mol. The Kier molecular flexibility index (Phi) is 5.87. The van der Waals surface area contributed by atoms with Gasteiger partial charge in [0.1, 0.15) is 23.7 Å². The van der Waals surface area contributed by atoms with Gasteiger partial charge in [-0.3, -0.25) is 4.79 Å². The summed E-state index contributed by atoms with van der Waals surface area (Å²) < 4.78 is 5.71. The summed E-state index contributed by atoms with van der Waals surface area (Å²) in [4.78, 5) is 23.3. The zero-order valence-corrected chi connectivity index (χ0v) is 14.9. The van der Waals surface area contributed by atoms with Crippen molar-refractivity contribution in [2.24, 2.45) is 0 Å². The van der Waals surface area contributed by atoms with Crippen LogP contribution in [0.15, 0.2) is 78.9 Å². The first-order valence-corrected chi connectivity index (χ1v) is 8.59. The van der Waals surface area contributed by atoms with E-state index in [1.54, 1.807) is 30.3 Å². The minimum Gasteiger partial charge on any atom is -0.506 e. The molecule has 0 spiro atoms. The first-order chi connectivity index (χ1) is 13.5. The molecule has 3 rings (SSSR count). The number of hydrogen-bond donors (Lipinski definition) is 2. The normalized spacial score (nSPS) is 10.7. The summed E-state index contributed by atoms with van der Waals surface area (Å²) in [6.07, 6.45) is 2.89. The molecule has 0 aliphatic rings. The van der Waals surface area contributed by atoms with Crippen LogP contribution in [0, 0.1) is 0 Å². The van der Waals surface area contributed by atoms with Gasteiger partial charge in [0.2, 0.25) is 0 Å². The minimum absolute atomic E-state index is 0.0565. The zero-order valence-electron chi connectivity index (χ0n) is 14.9. The number of rotatable bonds is 7. The molecule has 0 aliphatic heterocycles. The van der Waals surface area contributed by atoms with Crippen molar-refractivity contribution in [1.82, 2.24) is 0 Å². The molecular formula is C23H18O5. The van der Waals surface area contributed by atoms with Gasteiger partial charge in [0.15, 0.2) is 5.78 Å². The van der Waals surface area contributed by atoms with E-state index in [0.717, 1.165) is 11.1 Å². The number of benzene rings is 3. The number of carboxylic acid groups (broad SMARTS) is 1. The molecule has 5 nitrogen and oxygen atoms in total. The Labute approximate surface area is 162 Å². The smallest absolute Gasteiger partial charge is 0.339 e. The van der Waals surface area contributed by atoms with E-state index < -0.39 is 17.5 Å². The van der Waals surface area contributed by atoms with E-state index in [0.29, 0.717) is 12.4 Å². The lowest BCUT2D eigenvalue weighted by Crippen LogP contribution is -2.02. The number of allylic oxidation sites excluding steroid dienone is 1. The van der Waals surface area contributed by atoms with E-state index in [1.807, 2.05) is 30.3 Å². The van der Waals surface area contributed by atoms with Crippen LogP contribution < -0.4 is 4.74 Å². The number of carbonyl (C=O) groups excluding carboxylic acids is 1. The second kappa shape index (κ2) is 8.68. The zero-order chi connectivity index (χ0) is 19.9. The highest BCUT2D eigenvalue weighted by Crippen LogP contribution is 2.23. The van der Waals surface area contributed by atoms with Gasteiger partial charge in [0.05, 0.1) is 5.56 Å². The molecule has 0 amide bonds. The Balaban J connectivity index is 1.65. The predicted molar refractivity (Wildman–Crippen MR) is 106 cm³/mol. The molecule has 0 heterocycles. The fourth-order valence-corrected chi connectivity index (χ4v) is 2.59. The van der Waals surface area contributed by atoms with Crippen LogP contribution in [0.4, 0.5) is 0 Å². The third-order valence-corrected chi connectivity index (χ3v) is 4.09. The molecule has 5 heteroatoms. The maximum Gasteiger partial charge on any atom is 0.339 e. The molecule has 28 heavy (non-hydrogen) atoms. The number of ketones is 1. The van der Waals surface area contributed by atoms with Crippen molar-refractivity contribution in [2.75, 3.05) is 0 Å². The molecule has 0 aliphatic carbocycles. The van der Waals surface area contributed by atoms with Crippen LogP contribution in [0.25, 0.3) is 6.08 Å². The van der Waals surface area contributed by atoms with Gasteiger partial charge in [0.25, 0.3) is 0 Å². The number of carboxylic acids is 1. The van der Waals surface area contributed by atoms with E-state index >= 15 is 0 Å². The van der Waals surface area contributed by atoms with Crippen LogP contribution in [-0.2, 0) is 6.61 Å². The van der Waals surface area contributed by atoms with Crippen molar-refractivity contribution in [3.05, 3.63) is 101 Å². The lowest BCUT2D eigenvalue weighted by molar-refractivity contribution is 0.0693. The molecule has 0 radical (unpaired) electrons. The molecule has 3 aromatic carbocycles. The Morgan fingerprint density at radius 3 is 2.21 bits per heavy atom. The van der Waals surface area contributed by atoms with Crippen molar-refractivity contribution in [2.45, 2.75) is 6.61 Å². The van der Waals surface area contributed by atoms with Crippen LogP contribution >= 0.6 is 0 Å². The highest BCUT2D eigenvalue weighted by molar-refractivity contribution is 6.10. The molecule has 0 saturated heterocycles. The predicted octanol–water partition coefficient (Wildman–Crippen LogP) is 4.57. The molecule has 3 aromatic rings. The van der Waals surface area contributed by atoms with Crippen LogP contribution in [0.2, 0.25) is 0 Å². The monoisotopic (exact) mass is 374 g/mol. The molecule has 0 aromatic heterocycles. The average Bonchev–Trinajstić information content (AvgIpc) is 2.72. The molecule has 0 fully saturated rings. The van der Waals surface area contributed by atoms with Crippen LogP contribution in [0.3, 0.4) is 0 Å². The number of carbonyl (C=O) groups is 2. The standard InChI is InChI=1S/C23H18O5/c24-21(19-7-4-8-20(22(19)25)23(26)27)14-11-16-9-12-18(13-10-16)28-15-17-5-2-1-3-6-17/h1-14,25H,15H2,(H,26,27). The van der Waals surface area contributed by atoms with Gasteiger partial charge in [-0.15, -0.1) is 0 Å². The summed E-state index contributed by atoms with van der Waals surface area (Å²) in [5, 5.41) is 19.0. The Hall–Kier alpha value is -3.86. The van der Waals surface area contributed by atoms with Crippen LogP contribution in [0.5, 0.6) is 11.5 Å². The van der Waals surface area contributed by atoms with E-state index in [1.165, 1.54) is 24.3 Å². The molecule has 0 unspecified atom stereocenters. The van der Waals surface area contributed by atoms with E-state index in [4.69, 9.17) is 9.84 Å². The number of para-hydroxylation sites is 1. The number of aromatic hydroxyl groups is 1. The maximum atomic E-state index is 12.3. The van der Waals surface area contributed by atoms with E-state index in [9.17, 15) is 14.7 Å². The van der Waals surface area contributed by atoms with Crippen molar-refractivity contribution >= 4 is 17.8 Å². The molecular weight excluding hydrogens is 356 g/mol. The quantitative estimate of drug-likeness (QED) is 0.468. The largest absolute Gasteiger partial charge is 0.506 e. The number of hydrogen-bond acceptors (Lipinski definition) is 4. The van der Waals surface area contributed by atoms with Crippen LogP contribution in [0.1, 0.15) is 31.8 Å². The van der Waals surface area contributed by atoms with E-state index in [-0.39, 0.29) is 11.1 Å². The number of phenols is 1. The second-order valence-corrected chi connectivity index (χ2v) is 6.05. The maximum absolute atomic E-state index is 12.3. The van der Waals surface area contributed by atoms with Crippen molar-refractivity contribution in [3.63, 3.8) is 0 Å². The van der Waals surface area contributed by atoms with Gasteiger partial charge in [-0.1, -0.05) is 54.6 Å². The Bertz CT molecular complexity index is 1000. The van der Waals surface area contributed by atoms with Crippen molar-refractivity contribution < 1.29 is 24.5 Å². The van der Waals surface area contributed by atoms with Gasteiger partial charge in [-0.2, -0.15) is 0 Å². The van der Waals surface area contributed by atoms with Crippen LogP contribution in [-0.4, -0.2) is 22.0 Å². The van der Waals surface area contributed by atoms with Gasteiger partial charge < -0.3 is 14.9 Å². The summed E-state index contributed by atoms with van der Waals surface area (Å²) in [6.45, 7) is 0.466. The molecule has 0 atom stereocenters. The summed E-state index contributed by atoms with van der Waals surface area (Å²) in [6, 6.07) is 21.1. The SMILES string of the molecule is O=C(O)c1cccc(C(=O)C=Cc2ccc(OCc3ccccc3)cc2)c1O. The molecule has 2 N–H and O–H groups in total. The summed E-state index contributed by atoms with van der Waals surface area (Å²) >= 11 is 0. The molecule has 0 saturated carbocycles. The fourth-order valence-electron chi connectivity index (χ4n) is 2.59. The van der Waals surface area contributed by atoms with Crippen molar-refractivity contribution in [1.29, 1.82) is 0 Å². The number of aromatic carboxylic acids is 1. The van der Waals surface area contributed by atoms with E-state index in [2.05, 4.69) is 0 Å². The van der Waals surface area contributed by atoms with Gasteiger partial charge in [-0.25, -0.2) is 4.79 Å². The lowest BCUT2D eigenvalue weighted by Gasteiger charge is -2.06. The first kappa shape index (κ1) is 18.9. The fraction of sp³-hybridized carbons (Fsp3) is 0.0435. The Morgan fingerprint density at radius 1 is 0.857 bits per heavy atom. The molecule has 140 valence electrons. The number of ether oxygens (including phenoxy) is 1. The highest BCUT2D eigenvalue weighted by Gasteiger charge is 2.16. The highest BCUT2D eigenvalue weighted by atomic mass is 16.5. The lowest BCUT2D eigenvalue weighted by atomic mass is 10.0. The summed E-state index contributed by atoms with van der Waals surface area (Å²) in [7, 11) is 0.